The average molecular weight is 193 g/mol. The van der Waals surface area contributed by atoms with Crippen LogP contribution in [0.5, 0.6) is 0 Å². The van der Waals surface area contributed by atoms with E-state index in [-0.39, 0.29) is 11.4 Å². The van der Waals surface area contributed by atoms with Crippen LogP contribution in [0.15, 0.2) is 22.8 Å². The van der Waals surface area contributed by atoms with Gasteiger partial charge in [-0.3, -0.25) is 9.42 Å². The molecule has 0 aliphatic heterocycles. The zero-order valence-corrected chi connectivity index (χ0v) is 7.35. The predicted octanol–water partition coefficient (Wildman–Crippen LogP) is 0.420. The summed E-state index contributed by atoms with van der Waals surface area (Å²) in [5, 5.41) is 17.0. The first kappa shape index (κ1) is 8.49. The summed E-state index contributed by atoms with van der Waals surface area (Å²) in [6.07, 6.45) is 0. The Morgan fingerprint density at radius 2 is 2.43 bits per heavy atom. The summed E-state index contributed by atoms with van der Waals surface area (Å²) in [6, 6.07) is 4.74. The predicted molar refractivity (Wildman–Crippen MR) is 47.3 cm³/mol. The number of benzene rings is 1. The highest BCUT2D eigenvalue weighted by atomic mass is 16.8. The van der Waals surface area contributed by atoms with Crippen molar-refractivity contribution in [2.75, 3.05) is 5.32 Å². The lowest BCUT2D eigenvalue weighted by molar-refractivity contribution is -0.782. The monoisotopic (exact) mass is 193 g/mol. The molecule has 0 bridgehead atoms. The standard InChI is InChI=1S/C8H7N3O3/c1-5(12)9-6-2-3-7-8(4-6)11(13)14-10-7/h2-4H,1H3,(H,9,12). The van der Waals surface area contributed by atoms with E-state index in [9.17, 15) is 10.0 Å². The van der Waals surface area contributed by atoms with Gasteiger partial charge in [-0.15, -0.1) is 0 Å². The Balaban J connectivity index is 2.49. The van der Waals surface area contributed by atoms with Gasteiger partial charge in [-0.1, -0.05) is 0 Å². The molecule has 0 atom stereocenters. The van der Waals surface area contributed by atoms with Crippen molar-refractivity contribution >= 4 is 22.6 Å². The van der Waals surface area contributed by atoms with Crippen molar-refractivity contribution < 1.29 is 14.3 Å². The Morgan fingerprint density at radius 3 is 3.14 bits per heavy atom. The molecule has 6 heteroatoms. The molecule has 0 saturated carbocycles. The molecule has 0 radical (unpaired) electrons. The molecule has 1 aromatic heterocycles. The molecule has 1 N–H and O–H groups in total. The topological polar surface area (TPSA) is 82.1 Å². The molecule has 72 valence electrons. The van der Waals surface area contributed by atoms with Gasteiger partial charge in [0.25, 0.3) is 0 Å². The van der Waals surface area contributed by atoms with Gasteiger partial charge in [0.1, 0.15) is 0 Å². The number of hydrogen-bond donors (Lipinski definition) is 1. The highest BCUT2D eigenvalue weighted by Gasteiger charge is 2.09. The Morgan fingerprint density at radius 1 is 1.64 bits per heavy atom. The third-order valence-electron chi connectivity index (χ3n) is 1.71. The van der Waals surface area contributed by atoms with E-state index in [2.05, 4.69) is 15.1 Å². The Labute approximate surface area is 78.6 Å². The molecule has 0 unspecified atom stereocenters. The van der Waals surface area contributed by atoms with Gasteiger partial charge in [0, 0.05) is 23.8 Å². The molecule has 0 fully saturated rings. The van der Waals surface area contributed by atoms with E-state index in [0.29, 0.717) is 16.1 Å². The molecule has 1 amide bonds. The Bertz CT molecular complexity index is 492. The van der Waals surface area contributed by atoms with Gasteiger partial charge in [0.05, 0.1) is 0 Å². The molecule has 2 aromatic rings. The summed E-state index contributed by atoms with van der Waals surface area (Å²) >= 11 is 0. The minimum atomic E-state index is -0.196. The van der Waals surface area contributed by atoms with Crippen molar-refractivity contribution in [3.63, 3.8) is 0 Å². The maximum atomic E-state index is 11.0. The van der Waals surface area contributed by atoms with E-state index in [1.54, 1.807) is 12.1 Å². The molecule has 1 heterocycles. The maximum absolute atomic E-state index is 11.0. The molecule has 0 spiro atoms. The fourth-order valence-corrected chi connectivity index (χ4v) is 1.15. The van der Waals surface area contributed by atoms with Gasteiger partial charge in [0.15, 0.2) is 0 Å². The second kappa shape index (κ2) is 2.99. The molecular formula is C8H7N3O3. The van der Waals surface area contributed by atoms with E-state index in [4.69, 9.17) is 0 Å². The lowest BCUT2D eigenvalue weighted by atomic mass is 10.3. The molecule has 6 nitrogen and oxygen atoms in total. The quantitative estimate of drug-likeness (QED) is 0.665. The zero-order chi connectivity index (χ0) is 10.1. The smallest absolute Gasteiger partial charge is 0.248 e. The zero-order valence-electron chi connectivity index (χ0n) is 7.35. The van der Waals surface area contributed by atoms with Gasteiger partial charge in [-0.05, 0) is 17.0 Å². The van der Waals surface area contributed by atoms with Crippen LogP contribution in [-0.4, -0.2) is 11.1 Å². The molecule has 2 rings (SSSR count). The van der Waals surface area contributed by atoms with Crippen LogP contribution in [0.25, 0.3) is 11.0 Å². The van der Waals surface area contributed by atoms with Crippen LogP contribution in [0.3, 0.4) is 0 Å². The number of amides is 1. The first-order valence-corrected chi connectivity index (χ1v) is 3.94. The molecular weight excluding hydrogens is 186 g/mol. The van der Waals surface area contributed by atoms with Crippen LogP contribution in [0.1, 0.15) is 6.92 Å². The third kappa shape index (κ3) is 1.37. The highest BCUT2D eigenvalue weighted by molar-refractivity contribution is 5.90. The fraction of sp³-hybridized carbons (Fsp3) is 0.125. The van der Waals surface area contributed by atoms with Crippen LogP contribution >= 0.6 is 0 Å². The van der Waals surface area contributed by atoms with E-state index in [0.717, 1.165) is 0 Å². The fourth-order valence-electron chi connectivity index (χ4n) is 1.15. The molecule has 0 aliphatic rings. The van der Waals surface area contributed by atoms with Crippen molar-refractivity contribution in [1.29, 1.82) is 0 Å². The summed E-state index contributed by atoms with van der Waals surface area (Å²) in [6.45, 7) is 1.39. The van der Waals surface area contributed by atoms with E-state index in [1.165, 1.54) is 13.0 Å². The molecule has 14 heavy (non-hydrogen) atoms. The van der Waals surface area contributed by atoms with Gasteiger partial charge in [0.2, 0.25) is 16.9 Å². The minimum Gasteiger partial charge on any atom is -0.359 e. The minimum absolute atomic E-state index is 0.196. The lowest BCUT2D eigenvalue weighted by Gasteiger charge is -1.98. The highest BCUT2D eigenvalue weighted by Crippen LogP contribution is 2.14. The Kier molecular flexibility index (Phi) is 1.81. The lowest BCUT2D eigenvalue weighted by Crippen LogP contribution is -2.22. The van der Waals surface area contributed by atoms with Crippen LogP contribution in [-0.2, 0) is 4.79 Å². The maximum Gasteiger partial charge on any atom is 0.248 e. The van der Waals surface area contributed by atoms with Crippen molar-refractivity contribution in [2.45, 2.75) is 6.92 Å². The van der Waals surface area contributed by atoms with Gasteiger partial charge < -0.3 is 10.5 Å². The number of nitrogens with zero attached hydrogens (tertiary/aromatic N) is 2. The number of carbonyl (C=O) groups is 1. The van der Waals surface area contributed by atoms with Crippen LogP contribution in [0, 0.1) is 5.21 Å². The normalized spacial score (nSPS) is 10.4. The molecule has 0 aliphatic carbocycles. The summed E-state index contributed by atoms with van der Waals surface area (Å²) in [7, 11) is 0. The summed E-state index contributed by atoms with van der Waals surface area (Å²) < 4.78 is 4.37. The van der Waals surface area contributed by atoms with Crippen LogP contribution in [0.4, 0.5) is 5.69 Å². The first-order valence-electron chi connectivity index (χ1n) is 3.94. The van der Waals surface area contributed by atoms with Gasteiger partial charge in [-0.25, -0.2) is 0 Å². The number of fused-ring (bicyclic) bond motifs is 1. The summed E-state index contributed by atoms with van der Waals surface area (Å²) in [4.78, 5) is 11.0. The largest absolute Gasteiger partial charge is 0.359 e. The van der Waals surface area contributed by atoms with E-state index >= 15 is 0 Å². The third-order valence-corrected chi connectivity index (χ3v) is 1.71. The number of hydrogen-bond acceptors (Lipinski definition) is 4. The average Bonchev–Trinajstić information content (AvgIpc) is 2.47. The molecule has 0 saturated heterocycles. The van der Waals surface area contributed by atoms with Crippen LogP contribution in [0.2, 0.25) is 0 Å². The van der Waals surface area contributed by atoms with E-state index in [1.807, 2.05) is 0 Å². The van der Waals surface area contributed by atoms with Crippen molar-refractivity contribution in [2.24, 2.45) is 0 Å². The van der Waals surface area contributed by atoms with E-state index < -0.39 is 0 Å². The number of nitrogens with one attached hydrogen (secondary N) is 1. The molecule has 1 aromatic carbocycles. The number of anilines is 1. The van der Waals surface area contributed by atoms with Crippen molar-refractivity contribution in [3.8, 4) is 0 Å². The van der Waals surface area contributed by atoms with Crippen molar-refractivity contribution in [1.82, 2.24) is 5.16 Å². The Hall–Kier alpha value is -2.11. The van der Waals surface area contributed by atoms with Crippen molar-refractivity contribution in [3.05, 3.63) is 23.4 Å². The van der Waals surface area contributed by atoms with Gasteiger partial charge in [-0.2, -0.15) is 0 Å². The summed E-state index contributed by atoms with van der Waals surface area (Å²) in [5.74, 6) is -0.196. The van der Waals surface area contributed by atoms with Crippen LogP contribution < -0.4 is 10.2 Å². The van der Waals surface area contributed by atoms with Gasteiger partial charge >= 0.3 is 0 Å². The second-order valence-electron chi connectivity index (χ2n) is 2.81. The number of rotatable bonds is 1. The number of aromatic nitrogens is 2. The number of carbonyl (C=O) groups excluding carboxylic acids is 1. The SMILES string of the molecule is CC(=O)Nc1ccc2no[n+]([O-])c2c1. The summed E-state index contributed by atoms with van der Waals surface area (Å²) in [5.41, 5.74) is 1.28. The first-order chi connectivity index (χ1) is 6.66. The second-order valence-corrected chi connectivity index (χ2v) is 2.81.